The standard InChI is InChI=1S/C14H14N4O3/c1-17-8-9(7-15-17)5-13(19)16-10-3-4-11-12(6-10)21-14(20)18(11)2/h3-4,6-8H,5H2,1-2H3,(H,16,19). The topological polar surface area (TPSA) is 82.1 Å². The van der Waals surface area contributed by atoms with Crippen LogP contribution < -0.4 is 11.1 Å². The molecule has 7 heteroatoms. The van der Waals surface area contributed by atoms with Crippen molar-refractivity contribution in [3.63, 3.8) is 0 Å². The van der Waals surface area contributed by atoms with Crippen LogP contribution in [0.3, 0.4) is 0 Å². The first-order valence-corrected chi connectivity index (χ1v) is 6.40. The largest absolute Gasteiger partial charge is 0.419 e. The van der Waals surface area contributed by atoms with E-state index in [9.17, 15) is 9.59 Å². The third-order valence-corrected chi connectivity index (χ3v) is 3.20. The molecule has 3 aromatic rings. The van der Waals surface area contributed by atoms with E-state index >= 15 is 0 Å². The van der Waals surface area contributed by atoms with Gasteiger partial charge in [0.15, 0.2) is 5.58 Å². The Labute approximate surface area is 119 Å². The molecule has 0 aliphatic heterocycles. The molecular formula is C14H14N4O3. The third-order valence-electron chi connectivity index (χ3n) is 3.20. The van der Waals surface area contributed by atoms with Crippen LogP contribution in [0.2, 0.25) is 0 Å². The zero-order chi connectivity index (χ0) is 15.0. The van der Waals surface area contributed by atoms with E-state index in [0.717, 1.165) is 5.56 Å². The first kappa shape index (κ1) is 13.2. The summed E-state index contributed by atoms with van der Waals surface area (Å²) in [5.74, 6) is -0.579. The number of aromatic nitrogens is 3. The summed E-state index contributed by atoms with van der Waals surface area (Å²) in [7, 11) is 3.43. The number of hydrogen-bond acceptors (Lipinski definition) is 4. The van der Waals surface area contributed by atoms with Crippen LogP contribution in [0.1, 0.15) is 5.56 Å². The second kappa shape index (κ2) is 4.93. The lowest BCUT2D eigenvalue weighted by Crippen LogP contribution is -2.14. The van der Waals surface area contributed by atoms with Gasteiger partial charge in [-0.3, -0.25) is 14.0 Å². The van der Waals surface area contributed by atoms with Crippen molar-refractivity contribution in [3.05, 3.63) is 46.7 Å². The molecule has 3 rings (SSSR count). The predicted octanol–water partition coefficient (Wildman–Crippen LogP) is 1.05. The van der Waals surface area contributed by atoms with Gasteiger partial charge in [-0.05, 0) is 17.7 Å². The minimum absolute atomic E-state index is 0.152. The number of nitrogens with zero attached hydrogens (tertiary/aromatic N) is 3. The molecule has 2 heterocycles. The van der Waals surface area contributed by atoms with Gasteiger partial charge in [-0.2, -0.15) is 5.10 Å². The van der Waals surface area contributed by atoms with Crippen LogP contribution in [-0.2, 0) is 25.3 Å². The Morgan fingerprint density at radius 3 is 2.90 bits per heavy atom. The molecule has 0 saturated carbocycles. The first-order valence-electron chi connectivity index (χ1n) is 6.40. The number of carbonyl (C=O) groups is 1. The molecule has 0 aliphatic carbocycles. The molecule has 0 aliphatic rings. The number of oxazole rings is 1. The Kier molecular flexibility index (Phi) is 3.09. The molecule has 0 unspecified atom stereocenters. The lowest BCUT2D eigenvalue weighted by atomic mass is 10.2. The number of amides is 1. The number of anilines is 1. The minimum Gasteiger partial charge on any atom is -0.408 e. The van der Waals surface area contributed by atoms with Gasteiger partial charge in [-0.1, -0.05) is 0 Å². The van der Waals surface area contributed by atoms with Crippen molar-refractivity contribution >= 4 is 22.7 Å². The van der Waals surface area contributed by atoms with E-state index in [1.807, 2.05) is 0 Å². The van der Waals surface area contributed by atoms with Crippen molar-refractivity contribution in [2.24, 2.45) is 14.1 Å². The molecule has 0 radical (unpaired) electrons. The fourth-order valence-corrected chi connectivity index (χ4v) is 2.17. The number of rotatable bonds is 3. The van der Waals surface area contributed by atoms with Crippen molar-refractivity contribution in [2.75, 3.05) is 5.32 Å². The summed E-state index contributed by atoms with van der Waals surface area (Å²) >= 11 is 0. The highest BCUT2D eigenvalue weighted by atomic mass is 16.4. The summed E-state index contributed by atoms with van der Waals surface area (Å²) in [5.41, 5.74) is 2.56. The molecule has 0 spiro atoms. The highest BCUT2D eigenvalue weighted by Gasteiger charge is 2.09. The SMILES string of the molecule is Cn1cc(CC(=O)Nc2ccc3c(c2)oc(=O)n3C)cn1. The van der Waals surface area contributed by atoms with Crippen LogP contribution in [0.15, 0.2) is 39.8 Å². The van der Waals surface area contributed by atoms with Gasteiger partial charge < -0.3 is 9.73 Å². The number of nitrogens with one attached hydrogen (secondary N) is 1. The number of carbonyl (C=O) groups excluding carboxylic acids is 1. The average molecular weight is 286 g/mol. The molecule has 2 aromatic heterocycles. The van der Waals surface area contributed by atoms with Gasteiger partial charge in [0.05, 0.1) is 18.1 Å². The van der Waals surface area contributed by atoms with E-state index in [1.54, 1.807) is 49.4 Å². The number of aryl methyl sites for hydroxylation is 2. The van der Waals surface area contributed by atoms with Crippen molar-refractivity contribution < 1.29 is 9.21 Å². The summed E-state index contributed by atoms with van der Waals surface area (Å²) in [4.78, 5) is 23.4. The van der Waals surface area contributed by atoms with Gasteiger partial charge in [0.25, 0.3) is 0 Å². The highest BCUT2D eigenvalue weighted by molar-refractivity contribution is 5.93. The maximum Gasteiger partial charge on any atom is 0.419 e. The fraction of sp³-hybridized carbons (Fsp3) is 0.214. The molecule has 1 aromatic carbocycles. The molecule has 21 heavy (non-hydrogen) atoms. The summed E-state index contributed by atoms with van der Waals surface area (Å²) in [6, 6.07) is 5.11. The monoisotopic (exact) mass is 286 g/mol. The molecular weight excluding hydrogens is 272 g/mol. The Balaban J connectivity index is 1.78. The van der Waals surface area contributed by atoms with Gasteiger partial charge in [0.1, 0.15) is 0 Å². The van der Waals surface area contributed by atoms with Crippen LogP contribution in [0.5, 0.6) is 0 Å². The Morgan fingerprint density at radius 1 is 1.38 bits per heavy atom. The molecule has 108 valence electrons. The third kappa shape index (κ3) is 2.58. The van der Waals surface area contributed by atoms with Gasteiger partial charge in [0, 0.05) is 32.0 Å². The van der Waals surface area contributed by atoms with Gasteiger partial charge in [0.2, 0.25) is 5.91 Å². The van der Waals surface area contributed by atoms with Crippen molar-refractivity contribution in [1.29, 1.82) is 0 Å². The van der Waals surface area contributed by atoms with Crippen LogP contribution in [0.4, 0.5) is 5.69 Å². The predicted molar refractivity (Wildman–Crippen MR) is 77.0 cm³/mol. The number of benzene rings is 1. The first-order chi connectivity index (χ1) is 10.0. The maximum atomic E-state index is 12.0. The summed E-state index contributed by atoms with van der Waals surface area (Å²) in [6.45, 7) is 0. The van der Waals surface area contributed by atoms with Crippen LogP contribution in [0, 0.1) is 0 Å². The Morgan fingerprint density at radius 2 is 2.19 bits per heavy atom. The molecule has 0 fully saturated rings. The molecule has 1 amide bonds. The lowest BCUT2D eigenvalue weighted by Gasteiger charge is -2.04. The van der Waals surface area contributed by atoms with E-state index < -0.39 is 5.76 Å². The van der Waals surface area contributed by atoms with Crippen molar-refractivity contribution in [2.45, 2.75) is 6.42 Å². The number of fused-ring (bicyclic) bond motifs is 1. The normalized spacial score (nSPS) is 11.0. The van der Waals surface area contributed by atoms with Crippen LogP contribution in [-0.4, -0.2) is 20.3 Å². The molecule has 0 atom stereocenters. The second-order valence-electron chi connectivity index (χ2n) is 4.86. The maximum absolute atomic E-state index is 12.0. The van der Waals surface area contributed by atoms with E-state index in [2.05, 4.69) is 10.4 Å². The summed E-state index contributed by atoms with van der Waals surface area (Å²) < 4.78 is 8.14. The molecule has 0 bridgehead atoms. The molecule has 1 N–H and O–H groups in total. The molecule has 0 saturated heterocycles. The Bertz CT molecular complexity index is 872. The smallest absolute Gasteiger partial charge is 0.408 e. The quantitative estimate of drug-likeness (QED) is 0.780. The zero-order valence-electron chi connectivity index (χ0n) is 11.7. The second-order valence-corrected chi connectivity index (χ2v) is 4.86. The van der Waals surface area contributed by atoms with Crippen LogP contribution >= 0.6 is 0 Å². The van der Waals surface area contributed by atoms with Crippen molar-refractivity contribution in [3.8, 4) is 0 Å². The zero-order valence-corrected chi connectivity index (χ0v) is 11.7. The minimum atomic E-state index is -0.427. The lowest BCUT2D eigenvalue weighted by molar-refractivity contribution is -0.115. The summed E-state index contributed by atoms with van der Waals surface area (Å²) in [5, 5.41) is 6.79. The highest BCUT2D eigenvalue weighted by Crippen LogP contribution is 2.18. The average Bonchev–Trinajstić information content (AvgIpc) is 2.94. The van der Waals surface area contributed by atoms with Gasteiger partial charge in [-0.25, -0.2) is 4.79 Å². The van der Waals surface area contributed by atoms with E-state index in [4.69, 9.17) is 4.42 Å². The van der Waals surface area contributed by atoms with E-state index in [1.165, 1.54) is 4.57 Å². The number of hydrogen-bond donors (Lipinski definition) is 1. The van der Waals surface area contributed by atoms with E-state index in [0.29, 0.717) is 16.8 Å². The van der Waals surface area contributed by atoms with Crippen molar-refractivity contribution in [1.82, 2.24) is 14.3 Å². The Hall–Kier alpha value is -2.83. The van der Waals surface area contributed by atoms with Gasteiger partial charge in [-0.15, -0.1) is 0 Å². The molecule has 7 nitrogen and oxygen atoms in total. The van der Waals surface area contributed by atoms with E-state index in [-0.39, 0.29) is 12.3 Å². The van der Waals surface area contributed by atoms with Crippen LogP contribution in [0.25, 0.3) is 11.1 Å². The fourth-order valence-electron chi connectivity index (χ4n) is 2.17. The van der Waals surface area contributed by atoms with Gasteiger partial charge >= 0.3 is 5.76 Å². The summed E-state index contributed by atoms with van der Waals surface area (Å²) in [6.07, 6.45) is 3.68.